The van der Waals surface area contributed by atoms with Crippen LogP contribution in [0.2, 0.25) is 0 Å². The van der Waals surface area contributed by atoms with Crippen LogP contribution in [0.1, 0.15) is 6.92 Å². The monoisotopic (exact) mass is 364 g/mol. The van der Waals surface area contributed by atoms with E-state index in [2.05, 4.69) is 27.9 Å². The maximum absolute atomic E-state index is 11.8. The number of carboxylic acid groups (broad SMARTS) is 1. The predicted octanol–water partition coefficient (Wildman–Crippen LogP) is 1.09. The molecule has 2 aliphatic rings. The van der Waals surface area contributed by atoms with Gasteiger partial charge in [0.1, 0.15) is 6.04 Å². The second kappa shape index (κ2) is 5.17. The number of ether oxygens (including phenoxy) is 1. The van der Waals surface area contributed by atoms with E-state index in [1.54, 1.807) is 19.2 Å². The number of carboxylic acids is 1. The number of rotatable bonds is 2. The number of carbonyl (C=O) groups excluding carboxylic acids is 1. The minimum absolute atomic E-state index is 0.139. The second-order valence-electron chi connectivity index (χ2n) is 3.91. The summed E-state index contributed by atoms with van der Waals surface area (Å²) in [5.74, 6) is -0.974. The van der Waals surface area contributed by atoms with Crippen molar-refractivity contribution >= 4 is 34.7 Å². The number of hydrogen-bond donors (Lipinski definition) is 2. The van der Waals surface area contributed by atoms with Crippen molar-refractivity contribution in [3.05, 3.63) is 23.5 Å². The van der Waals surface area contributed by atoms with Crippen LogP contribution in [-0.4, -0.2) is 45.2 Å². The number of allylic oxidation sites excluding steroid dienone is 1. The quantitative estimate of drug-likeness (QED) is 0.567. The van der Waals surface area contributed by atoms with Crippen LogP contribution in [0.4, 0.5) is 4.79 Å². The zero-order valence-corrected chi connectivity index (χ0v) is 11.9. The largest absolute Gasteiger partial charge is 0.479 e. The SMILES string of the molecule is CCOC(=O)N1CC(I)C2=CNC(C(=O)O)C=C21. The van der Waals surface area contributed by atoms with Gasteiger partial charge in [-0.15, -0.1) is 0 Å². The third kappa shape index (κ3) is 2.31. The van der Waals surface area contributed by atoms with E-state index < -0.39 is 18.1 Å². The number of hydrogen-bond acceptors (Lipinski definition) is 4. The Morgan fingerprint density at radius 1 is 1.67 bits per heavy atom. The van der Waals surface area contributed by atoms with Crippen molar-refractivity contribution in [2.45, 2.75) is 16.9 Å². The van der Waals surface area contributed by atoms with Crippen LogP contribution in [0.3, 0.4) is 0 Å². The molecule has 0 radical (unpaired) electrons. The summed E-state index contributed by atoms with van der Waals surface area (Å²) in [7, 11) is 0. The molecule has 0 aromatic heterocycles. The number of carbonyl (C=O) groups is 2. The molecule has 98 valence electrons. The van der Waals surface area contributed by atoms with Crippen LogP contribution in [0.15, 0.2) is 23.5 Å². The van der Waals surface area contributed by atoms with Crippen molar-refractivity contribution in [1.82, 2.24) is 10.2 Å². The van der Waals surface area contributed by atoms with Gasteiger partial charge in [0.05, 0.1) is 16.2 Å². The summed E-state index contributed by atoms with van der Waals surface area (Å²) in [6.45, 7) is 2.54. The molecule has 0 bridgehead atoms. The zero-order chi connectivity index (χ0) is 13.3. The highest BCUT2D eigenvalue weighted by atomic mass is 127. The molecule has 0 aromatic rings. The molecular weight excluding hydrogens is 351 g/mol. The zero-order valence-electron chi connectivity index (χ0n) is 9.72. The lowest BCUT2D eigenvalue weighted by atomic mass is 10.1. The van der Waals surface area contributed by atoms with Crippen molar-refractivity contribution in [2.75, 3.05) is 13.2 Å². The molecule has 2 rings (SSSR count). The highest BCUT2D eigenvalue weighted by Gasteiger charge is 2.37. The van der Waals surface area contributed by atoms with E-state index >= 15 is 0 Å². The Kier molecular flexibility index (Phi) is 3.79. The number of fused-ring (bicyclic) bond motifs is 1. The van der Waals surface area contributed by atoms with Gasteiger partial charge in [-0.3, -0.25) is 4.90 Å². The Bertz CT molecular complexity index is 446. The van der Waals surface area contributed by atoms with Crippen molar-refractivity contribution in [2.24, 2.45) is 0 Å². The number of nitrogens with zero attached hydrogens (tertiary/aromatic N) is 1. The van der Waals surface area contributed by atoms with Crippen LogP contribution in [0.25, 0.3) is 0 Å². The molecule has 0 saturated carbocycles. The first kappa shape index (κ1) is 13.2. The van der Waals surface area contributed by atoms with E-state index in [-0.39, 0.29) is 3.92 Å². The minimum Gasteiger partial charge on any atom is -0.479 e. The normalized spacial score (nSPS) is 25.8. The topological polar surface area (TPSA) is 78.9 Å². The minimum atomic E-state index is -0.974. The Morgan fingerprint density at radius 2 is 2.39 bits per heavy atom. The maximum Gasteiger partial charge on any atom is 0.414 e. The molecule has 0 aliphatic carbocycles. The fourth-order valence-corrected chi connectivity index (χ4v) is 2.82. The van der Waals surface area contributed by atoms with E-state index in [1.165, 1.54) is 4.90 Å². The fourth-order valence-electron chi connectivity index (χ4n) is 1.93. The van der Waals surface area contributed by atoms with Crippen molar-refractivity contribution in [3.63, 3.8) is 0 Å². The van der Waals surface area contributed by atoms with Crippen molar-refractivity contribution in [3.8, 4) is 0 Å². The Labute approximate surface area is 118 Å². The molecule has 1 amide bonds. The summed E-state index contributed by atoms with van der Waals surface area (Å²) in [5, 5.41) is 11.8. The number of nitrogens with one attached hydrogen (secondary N) is 1. The molecule has 18 heavy (non-hydrogen) atoms. The van der Waals surface area contributed by atoms with E-state index in [1.807, 2.05) is 0 Å². The van der Waals surface area contributed by atoms with E-state index in [9.17, 15) is 9.59 Å². The summed E-state index contributed by atoms with van der Waals surface area (Å²) in [6, 6.07) is -0.803. The number of alkyl halides is 1. The average Bonchev–Trinajstić information content (AvgIpc) is 2.67. The lowest BCUT2D eigenvalue weighted by Crippen LogP contribution is -2.36. The summed E-state index contributed by atoms with van der Waals surface area (Å²) in [6.07, 6.45) is 2.79. The molecule has 7 heteroatoms. The van der Waals surface area contributed by atoms with Crippen molar-refractivity contribution < 1.29 is 19.4 Å². The fraction of sp³-hybridized carbons (Fsp3) is 0.455. The van der Waals surface area contributed by atoms with Gasteiger partial charge in [-0.1, -0.05) is 22.6 Å². The number of dihydropyridines is 1. The molecule has 2 unspecified atom stereocenters. The van der Waals surface area contributed by atoms with Crippen LogP contribution in [0.5, 0.6) is 0 Å². The summed E-state index contributed by atoms with van der Waals surface area (Å²) < 4.78 is 5.11. The molecule has 2 N–H and O–H groups in total. The number of amides is 1. The van der Waals surface area contributed by atoms with Gasteiger partial charge >= 0.3 is 12.1 Å². The Morgan fingerprint density at radius 3 is 3.00 bits per heavy atom. The molecule has 2 heterocycles. The van der Waals surface area contributed by atoms with Gasteiger partial charge in [-0.2, -0.15) is 0 Å². The lowest BCUT2D eigenvalue weighted by Gasteiger charge is -2.21. The standard InChI is InChI=1S/C11H13IN2O4/c1-2-18-11(17)14-5-7(12)6-4-13-8(10(15)16)3-9(6)14/h3-4,7-8,13H,2,5H2,1H3,(H,15,16). The second-order valence-corrected chi connectivity index (χ2v) is 5.41. The van der Waals surface area contributed by atoms with Crippen molar-refractivity contribution in [1.29, 1.82) is 0 Å². The van der Waals surface area contributed by atoms with Crippen LogP contribution in [0, 0.1) is 0 Å². The number of aliphatic carboxylic acids is 1. The molecule has 2 atom stereocenters. The molecule has 0 spiro atoms. The maximum atomic E-state index is 11.8. The smallest absolute Gasteiger partial charge is 0.414 e. The van der Waals surface area contributed by atoms with E-state index in [0.29, 0.717) is 18.8 Å². The molecule has 1 fully saturated rings. The number of halogens is 1. The molecule has 1 saturated heterocycles. The third-order valence-corrected chi connectivity index (χ3v) is 3.83. The van der Waals surface area contributed by atoms with Gasteiger partial charge in [0.15, 0.2) is 0 Å². The van der Waals surface area contributed by atoms with Gasteiger partial charge in [0, 0.05) is 18.3 Å². The predicted molar refractivity (Wildman–Crippen MR) is 72.3 cm³/mol. The number of likely N-dealkylation sites (tertiary alicyclic amines) is 1. The summed E-state index contributed by atoms with van der Waals surface area (Å²) >= 11 is 2.22. The Hall–Kier alpha value is -1.25. The molecule has 0 aromatic carbocycles. The highest BCUT2D eigenvalue weighted by molar-refractivity contribution is 14.1. The van der Waals surface area contributed by atoms with Gasteiger partial charge in [-0.25, -0.2) is 9.59 Å². The van der Waals surface area contributed by atoms with E-state index in [4.69, 9.17) is 9.84 Å². The first-order chi connectivity index (χ1) is 8.54. The van der Waals surface area contributed by atoms with Gasteiger partial charge in [0.2, 0.25) is 0 Å². The van der Waals surface area contributed by atoms with Gasteiger partial charge in [0.25, 0.3) is 0 Å². The molecule has 6 nitrogen and oxygen atoms in total. The van der Waals surface area contributed by atoms with E-state index in [0.717, 1.165) is 5.57 Å². The lowest BCUT2D eigenvalue weighted by molar-refractivity contribution is -0.137. The van der Waals surface area contributed by atoms with Crippen LogP contribution >= 0.6 is 22.6 Å². The first-order valence-corrected chi connectivity index (χ1v) is 6.78. The average molecular weight is 364 g/mol. The summed E-state index contributed by atoms with van der Waals surface area (Å²) in [4.78, 5) is 24.2. The van der Waals surface area contributed by atoms with Crippen LogP contribution < -0.4 is 5.32 Å². The molecule has 2 aliphatic heterocycles. The van der Waals surface area contributed by atoms with Crippen LogP contribution in [-0.2, 0) is 9.53 Å². The highest BCUT2D eigenvalue weighted by Crippen LogP contribution is 2.34. The van der Waals surface area contributed by atoms with Gasteiger partial charge in [-0.05, 0) is 13.0 Å². The van der Waals surface area contributed by atoms with Gasteiger partial charge < -0.3 is 15.2 Å². The molecular formula is C11H13IN2O4. The summed E-state index contributed by atoms with van der Waals surface area (Å²) in [5.41, 5.74) is 1.57. The third-order valence-electron chi connectivity index (χ3n) is 2.76. The first-order valence-electron chi connectivity index (χ1n) is 5.54. The Balaban J connectivity index is 2.26.